The van der Waals surface area contributed by atoms with Crippen molar-refractivity contribution in [2.24, 2.45) is 0 Å². The summed E-state index contributed by atoms with van der Waals surface area (Å²) in [6, 6.07) is 2.92. The maximum atomic E-state index is 12.2. The van der Waals surface area contributed by atoms with Gasteiger partial charge in [-0.2, -0.15) is 13.2 Å². The first kappa shape index (κ1) is 14.4. The van der Waals surface area contributed by atoms with Crippen LogP contribution in [-0.2, 0) is 15.1 Å². The first-order valence-corrected chi connectivity index (χ1v) is 5.10. The predicted molar refractivity (Wildman–Crippen MR) is 57.7 cm³/mol. The van der Waals surface area contributed by atoms with Gasteiger partial charge in [0.05, 0.1) is 13.7 Å². The van der Waals surface area contributed by atoms with Gasteiger partial charge < -0.3 is 4.74 Å². The van der Waals surface area contributed by atoms with Crippen molar-refractivity contribution in [3.8, 4) is 0 Å². The fraction of sp³-hybridized carbons (Fsp3) is 0.455. The van der Waals surface area contributed by atoms with E-state index in [1.165, 1.54) is 31.5 Å². The number of carbonyl (C=O) groups is 1. The van der Waals surface area contributed by atoms with Crippen LogP contribution in [-0.4, -0.2) is 30.8 Å². The number of hydrogen-bond donors (Lipinski definition) is 1. The lowest BCUT2D eigenvalue weighted by atomic mass is 9.93. The molecule has 0 aromatic carbocycles. The number of halogens is 3. The highest BCUT2D eigenvalue weighted by molar-refractivity contribution is 5.82. The molecule has 18 heavy (non-hydrogen) atoms. The van der Waals surface area contributed by atoms with Crippen LogP contribution in [0.4, 0.5) is 13.2 Å². The third-order valence-corrected chi connectivity index (χ3v) is 2.49. The number of nitrogens with one attached hydrogen (secondary N) is 1. The normalized spacial score (nSPS) is 14.9. The number of rotatable bonds is 4. The van der Waals surface area contributed by atoms with E-state index in [1.807, 2.05) is 0 Å². The zero-order valence-corrected chi connectivity index (χ0v) is 9.91. The Balaban J connectivity index is 3.00. The van der Waals surface area contributed by atoms with Gasteiger partial charge in [-0.25, -0.2) is 4.79 Å². The van der Waals surface area contributed by atoms with Gasteiger partial charge >= 0.3 is 12.1 Å². The third kappa shape index (κ3) is 3.43. The average molecular weight is 262 g/mol. The second kappa shape index (κ2) is 5.34. The number of pyridine rings is 1. The number of methoxy groups -OCH3 is 1. The van der Waals surface area contributed by atoms with Gasteiger partial charge in [-0.1, -0.05) is 0 Å². The van der Waals surface area contributed by atoms with Crippen molar-refractivity contribution in [2.45, 2.75) is 18.6 Å². The molecule has 0 amide bonds. The molecular formula is C11H13F3N2O2. The van der Waals surface area contributed by atoms with E-state index in [4.69, 9.17) is 0 Å². The van der Waals surface area contributed by atoms with Crippen molar-refractivity contribution >= 4 is 5.97 Å². The molecule has 0 spiro atoms. The van der Waals surface area contributed by atoms with Gasteiger partial charge in [-0.05, 0) is 24.6 Å². The molecule has 0 aliphatic rings. The van der Waals surface area contributed by atoms with E-state index >= 15 is 0 Å². The highest BCUT2D eigenvalue weighted by Gasteiger charge is 2.40. The molecule has 100 valence electrons. The third-order valence-electron chi connectivity index (χ3n) is 2.49. The standard InChI is InChI=1S/C11H13F3N2O2/c1-10(9(17)18-2,16-7-11(12,13)14)8-3-5-15-6-4-8/h3-6,16H,7H2,1-2H3. The van der Waals surface area contributed by atoms with Crippen LogP contribution in [0, 0.1) is 0 Å². The first-order valence-electron chi connectivity index (χ1n) is 5.10. The fourth-order valence-electron chi connectivity index (χ4n) is 1.46. The van der Waals surface area contributed by atoms with Crippen molar-refractivity contribution in [1.29, 1.82) is 0 Å². The van der Waals surface area contributed by atoms with Gasteiger partial charge in [0.15, 0.2) is 0 Å². The van der Waals surface area contributed by atoms with Crippen molar-refractivity contribution in [3.63, 3.8) is 0 Å². The number of alkyl halides is 3. The quantitative estimate of drug-likeness (QED) is 0.838. The summed E-state index contributed by atoms with van der Waals surface area (Å²) in [6.07, 6.45) is -1.63. The summed E-state index contributed by atoms with van der Waals surface area (Å²) in [6.45, 7) is 0.0425. The van der Waals surface area contributed by atoms with E-state index in [0.717, 1.165) is 7.11 Å². The average Bonchev–Trinajstić information content (AvgIpc) is 2.35. The van der Waals surface area contributed by atoms with Gasteiger partial charge in [0.1, 0.15) is 5.54 Å². The van der Waals surface area contributed by atoms with Crippen molar-refractivity contribution in [3.05, 3.63) is 30.1 Å². The van der Waals surface area contributed by atoms with Crippen LogP contribution in [0.2, 0.25) is 0 Å². The lowest BCUT2D eigenvalue weighted by molar-refractivity contribution is -0.153. The summed E-state index contributed by atoms with van der Waals surface area (Å²) in [4.78, 5) is 15.4. The number of aromatic nitrogens is 1. The zero-order chi connectivity index (χ0) is 13.8. The molecule has 0 bridgehead atoms. The molecular weight excluding hydrogens is 249 g/mol. The summed E-state index contributed by atoms with van der Waals surface area (Å²) in [7, 11) is 1.12. The SMILES string of the molecule is COC(=O)C(C)(NCC(F)(F)F)c1ccncc1. The lowest BCUT2D eigenvalue weighted by Crippen LogP contribution is -2.50. The van der Waals surface area contributed by atoms with Gasteiger partial charge in [0.2, 0.25) is 0 Å². The molecule has 0 aliphatic heterocycles. The molecule has 1 unspecified atom stereocenters. The number of ether oxygens (including phenoxy) is 1. The number of carbonyl (C=O) groups excluding carboxylic acids is 1. The van der Waals surface area contributed by atoms with Gasteiger partial charge in [0, 0.05) is 12.4 Å². The Morgan fingerprint density at radius 1 is 1.39 bits per heavy atom. The maximum absolute atomic E-state index is 12.2. The van der Waals surface area contributed by atoms with E-state index in [1.54, 1.807) is 0 Å². The first-order chi connectivity index (χ1) is 8.29. The fourth-order valence-corrected chi connectivity index (χ4v) is 1.46. The Labute approximate surface area is 102 Å². The molecule has 7 heteroatoms. The molecule has 1 rings (SSSR count). The van der Waals surface area contributed by atoms with Crippen LogP contribution in [0.5, 0.6) is 0 Å². The number of esters is 1. The summed E-state index contributed by atoms with van der Waals surface area (Å²) >= 11 is 0. The summed E-state index contributed by atoms with van der Waals surface area (Å²) in [5, 5.41) is 2.18. The van der Waals surface area contributed by atoms with E-state index in [0.29, 0.717) is 5.56 Å². The van der Waals surface area contributed by atoms with Gasteiger partial charge in [-0.15, -0.1) is 0 Å². The molecule has 0 aliphatic carbocycles. The minimum Gasteiger partial charge on any atom is -0.467 e. The molecule has 1 heterocycles. The zero-order valence-electron chi connectivity index (χ0n) is 9.91. The number of hydrogen-bond acceptors (Lipinski definition) is 4. The second-order valence-corrected chi connectivity index (χ2v) is 3.82. The van der Waals surface area contributed by atoms with Crippen molar-refractivity contribution in [1.82, 2.24) is 10.3 Å². The molecule has 0 saturated heterocycles. The smallest absolute Gasteiger partial charge is 0.401 e. The molecule has 1 aromatic rings. The van der Waals surface area contributed by atoms with Crippen LogP contribution in [0.25, 0.3) is 0 Å². The van der Waals surface area contributed by atoms with Gasteiger partial charge in [0.25, 0.3) is 0 Å². The minimum absolute atomic E-state index is 0.355. The second-order valence-electron chi connectivity index (χ2n) is 3.82. The molecule has 4 nitrogen and oxygen atoms in total. The predicted octanol–water partition coefficient (Wildman–Crippen LogP) is 1.62. The molecule has 0 fully saturated rings. The van der Waals surface area contributed by atoms with Crippen LogP contribution < -0.4 is 5.32 Å². The van der Waals surface area contributed by atoms with Crippen LogP contribution >= 0.6 is 0 Å². The van der Waals surface area contributed by atoms with Crippen LogP contribution in [0.15, 0.2) is 24.5 Å². The van der Waals surface area contributed by atoms with Crippen molar-refractivity contribution < 1.29 is 22.7 Å². The molecule has 0 saturated carbocycles. The Morgan fingerprint density at radius 3 is 2.39 bits per heavy atom. The molecule has 0 radical (unpaired) electrons. The van der Waals surface area contributed by atoms with E-state index in [9.17, 15) is 18.0 Å². The number of nitrogens with zero attached hydrogens (tertiary/aromatic N) is 1. The Kier molecular flexibility index (Phi) is 4.28. The highest BCUT2D eigenvalue weighted by Crippen LogP contribution is 2.24. The lowest BCUT2D eigenvalue weighted by Gasteiger charge is -2.28. The largest absolute Gasteiger partial charge is 0.467 e. The van der Waals surface area contributed by atoms with Crippen LogP contribution in [0.3, 0.4) is 0 Å². The van der Waals surface area contributed by atoms with Crippen LogP contribution in [0.1, 0.15) is 12.5 Å². The Hall–Kier alpha value is -1.63. The minimum atomic E-state index is -4.41. The highest BCUT2D eigenvalue weighted by atomic mass is 19.4. The summed E-state index contributed by atoms with van der Waals surface area (Å²) < 4.78 is 41.3. The molecule has 1 atom stereocenters. The monoisotopic (exact) mass is 262 g/mol. The molecule has 1 N–H and O–H groups in total. The molecule has 1 aromatic heterocycles. The Morgan fingerprint density at radius 2 is 1.94 bits per heavy atom. The summed E-state index contributed by atoms with van der Waals surface area (Å²) in [5.74, 6) is -0.794. The van der Waals surface area contributed by atoms with Gasteiger partial charge in [-0.3, -0.25) is 10.3 Å². The maximum Gasteiger partial charge on any atom is 0.401 e. The summed E-state index contributed by atoms with van der Waals surface area (Å²) in [5.41, 5.74) is -1.21. The van der Waals surface area contributed by atoms with E-state index < -0.39 is 24.2 Å². The van der Waals surface area contributed by atoms with Crippen molar-refractivity contribution in [2.75, 3.05) is 13.7 Å². The van der Waals surface area contributed by atoms with E-state index in [-0.39, 0.29) is 0 Å². The van der Waals surface area contributed by atoms with E-state index in [2.05, 4.69) is 15.0 Å². The Bertz CT molecular complexity index is 408. The topological polar surface area (TPSA) is 51.2 Å².